The molecule has 1 fully saturated rings. The second kappa shape index (κ2) is 3.68. The summed E-state index contributed by atoms with van der Waals surface area (Å²) in [5, 5.41) is 4.35. The lowest BCUT2D eigenvalue weighted by atomic mass is 10.0. The van der Waals surface area contributed by atoms with E-state index < -0.39 is 0 Å². The van der Waals surface area contributed by atoms with Gasteiger partial charge in [0.1, 0.15) is 0 Å². The standard InChI is InChI=1S/C13H14BrN3/c1-17-12(9-3-2-4-10(14)7-9)11(8-16-17)13(15)5-6-13/h2-4,7-8H,5-6,15H2,1H3. The van der Waals surface area contributed by atoms with Crippen LogP contribution in [0.3, 0.4) is 0 Å². The Hall–Kier alpha value is -1.13. The molecule has 0 spiro atoms. The number of benzene rings is 1. The Kier molecular flexibility index (Phi) is 2.38. The number of aryl methyl sites for hydroxylation is 1. The van der Waals surface area contributed by atoms with Gasteiger partial charge in [-0.2, -0.15) is 5.10 Å². The Balaban J connectivity index is 2.17. The highest BCUT2D eigenvalue weighted by molar-refractivity contribution is 9.10. The van der Waals surface area contributed by atoms with Crippen LogP contribution in [-0.4, -0.2) is 9.78 Å². The molecular weight excluding hydrogens is 278 g/mol. The van der Waals surface area contributed by atoms with Gasteiger partial charge in [0.15, 0.2) is 0 Å². The molecule has 3 nitrogen and oxygen atoms in total. The molecule has 4 heteroatoms. The summed E-state index contributed by atoms with van der Waals surface area (Å²) in [6, 6.07) is 8.25. The fourth-order valence-corrected chi connectivity index (χ4v) is 2.58. The van der Waals surface area contributed by atoms with Crippen LogP contribution in [0.1, 0.15) is 18.4 Å². The summed E-state index contributed by atoms with van der Waals surface area (Å²) >= 11 is 3.50. The van der Waals surface area contributed by atoms with Crippen molar-refractivity contribution in [1.82, 2.24) is 9.78 Å². The van der Waals surface area contributed by atoms with Crippen molar-refractivity contribution in [2.45, 2.75) is 18.4 Å². The molecule has 0 unspecified atom stereocenters. The van der Waals surface area contributed by atoms with Crippen molar-refractivity contribution in [3.05, 3.63) is 40.5 Å². The van der Waals surface area contributed by atoms with E-state index in [-0.39, 0.29) is 5.54 Å². The van der Waals surface area contributed by atoms with Crippen LogP contribution in [0.4, 0.5) is 0 Å². The summed E-state index contributed by atoms with van der Waals surface area (Å²) in [4.78, 5) is 0. The average molecular weight is 292 g/mol. The van der Waals surface area contributed by atoms with E-state index in [4.69, 9.17) is 5.73 Å². The van der Waals surface area contributed by atoms with Crippen molar-refractivity contribution in [3.63, 3.8) is 0 Å². The first-order valence-corrected chi connectivity index (χ1v) is 6.47. The van der Waals surface area contributed by atoms with Crippen LogP contribution in [0.2, 0.25) is 0 Å². The van der Waals surface area contributed by atoms with E-state index in [0.717, 1.165) is 34.1 Å². The van der Waals surface area contributed by atoms with E-state index in [2.05, 4.69) is 33.2 Å². The largest absolute Gasteiger partial charge is 0.321 e. The minimum Gasteiger partial charge on any atom is -0.321 e. The van der Waals surface area contributed by atoms with E-state index in [0.29, 0.717) is 0 Å². The highest BCUT2D eigenvalue weighted by Gasteiger charge is 2.43. The Bertz CT molecular complexity index is 570. The van der Waals surface area contributed by atoms with Gasteiger partial charge in [0, 0.05) is 28.2 Å². The first-order chi connectivity index (χ1) is 8.10. The summed E-state index contributed by atoms with van der Waals surface area (Å²) in [5.74, 6) is 0. The molecule has 0 aliphatic heterocycles. The molecule has 17 heavy (non-hydrogen) atoms. The molecule has 0 radical (unpaired) electrons. The summed E-state index contributed by atoms with van der Waals surface area (Å²) < 4.78 is 2.98. The Labute approximate surface area is 109 Å². The summed E-state index contributed by atoms with van der Waals surface area (Å²) in [6.07, 6.45) is 4.02. The van der Waals surface area contributed by atoms with Gasteiger partial charge < -0.3 is 5.73 Å². The quantitative estimate of drug-likeness (QED) is 0.925. The monoisotopic (exact) mass is 291 g/mol. The molecule has 88 valence electrons. The molecule has 1 aromatic carbocycles. The summed E-state index contributed by atoms with van der Waals surface area (Å²) in [5.41, 5.74) is 9.60. The minimum absolute atomic E-state index is 0.147. The third-order valence-electron chi connectivity index (χ3n) is 3.36. The highest BCUT2D eigenvalue weighted by atomic mass is 79.9. The van der Waals surface area contributed by atoms with Gasteiger partial charge in [0.2, 0.25) is 0 Å². The van der Waals surface area contributed by atoms with E-state index in [9.17, 15) is 0 Å². The van der Waals surface area contributed by atoms with E-state index in [1.807, 2.05) is 30.1 Å². The zero-order chi connectivity index (χ0) is 12.0. The molecule has 0 amide bonds. The summed E-state index contributed by atoms with van der Waals surface area (Å²) in [6.45, 7) is 0. The molecule has 2 N–H and O–H groups in total. The topological polar surface area (TPSA) is 43.8 Å². The molecule has 0 saturated heterocycles. The maximum atomic E-state index is 6.29. The minimum atomic E-state index is -0.147. The second-order valence-corrected chi connectivity index (χ2v) is 5.61. The fraction of sp³-hybridized carbons (Fsp3) is 0.308. The Morgan fingerprint density at radius 2 is 2.18 bits per heavy atom. The number of rotatable bonds is 2. The molecule has 2 aromatic rings. The third-order valence-corrected chi connectivity index (χ3v) is 3.86. The van der Waals surface area contributed by atoms with Gasteiger partial charge in [-0.3, -0.25) is 4.68 Å². The number of nitrogens with zero attached hydrogens (tertiary/aromatic N) is 2. The van der Waals surface area contributed by atoms with Crippen molar-refractivity contribution in [1.29, 1.82) is 0 Å². The van der Waals surface area contributed by atoms with Crippen LogP contribution < -0.4 is 5.73 Å². The van der Waals surface area contributed by atoms with Gasteiger partial charge in [-0.1, -0.05) is 28.1 Å². The molecule has 3 rings (SSSR count). The molecular formula is C13H14BrN3. The third kappa shape index (κ3) is 1.81. The average Bonchev–Trinajstić information content (AvgIpc) is 2.90. The predicted octanol–water partition coefficient (Wildman–Crippen LogP) is 2.80. The van der Waals surface area contributed by atoms with Crippen molar-refractivity contribution in [3.8, 4) is 11.3 Å². The molecule has 1 aliphatic carbocycles. The van der Waals surface area contributed by atoms with Gasteiger partial charge in [-0.25, -0.2) is 0 Å². The molecule has 1 aliphatic rings. The maximum absolute atomic E-state index is 6.29. The van der Waals surface area contributed by atoms with Crippen molar-refractivity contribution < 1.29 is 0 Å². The molecule has 0 atom stereocenters. The molecule has 1 heterocycles. The zero-order valence-electron chi connectivity index (χ0n) is 9.65. The maximum Gasteiger partial charge on any atom is 0.0729 e. The first kappa shape index (κ1) is 11.0. The number of hydrogen-bond donors (Lipinski definition) is 1. The molecule has 1 aromatic heterocycles. The van der Waals surface area contributed by atoms with Crippen LogP contribution in [0.5, 0.6) is 0 Å². The van der Waals surface area contributed by atoms with Gasteiger partial charge in [-0.15, -0.1) is 0 Å². The van der Waals surface area contributed by atoms with Crippen LogP contribution in [0.25, 0.3) is 11.3 Å². The van der Waals surface area contributed by atoms with Crippen LogP contribution in [-0.2, 0) is 12.6 Å². The Morgan fingerprint density at radius 3 is 2.82 bits per heavy atom. The van der Waals surface area contributed by atoms with Crippen molar-refractivity contribution in [2.75, 3.05) is 0 Å². The normalized spacial score (nSPS) is 17.1. The van der Waals surface area contributed by atoms with Crippen LogP contribution in [0, 0.1) is 0 Å². The van der Waals surface area contributed by atoms with Gasteiger partial charge >= 0.3 is 0 Å². The second-order valence-electron chi connectivity index (χ2n) is 4.70. The summed E-state index contributed by atoms with van der Waals surface area (Å²) in [7, 11) is 1.96. The number of nitrogens with two attached hydrogens (primary N) is 1. The van der Waals surface area contributed by atoms with Crippen LogP contribution >= 0.6 is 15.9 Å². The lowest BCUT2D eigenvalue weighted by Gasteiger charge is -2.11. The SMILES string of the molecule is Cn1ncc(C2(N)CC2)c1-c1cccc(Br)c1. The van der Waals surface area contributed by atoms with Gasteiger partial charge in [-0.05, 0) is 25.0 Å². The smallest absolute Gasteiger partial charge is 0.0729 e. The lowest BCUT2D eigenvalue weighted by Crippen LogP contribution is -2.19. The van der Waals surface area contributed by atoms with Crippen LogP contribution in [0.15, 0.2) is 34.9 Å². The van der Waals surface area contributed by atoms with E-state index in [1.54, 1.807) is 0 Å². The van der Waals surface area contributed by atoms with Gasteiger partial charge in [0.25, 0.3) is 0 Å². The van der Waals surface area contributed by atoms with Crippen molar-refractivity contribution >= 4 is 15.9 Å². The fourth-order valence-electron chi connectivity index (χ4n) is 2.18. The number of hydrogen-bond acceptors (Lipinski definition) is 2. The predicted molar refractivity (Wildman–Crippen MR) is 71.4 cm³/mol. The van der Waals surface area contributed by atoms with E-state index >= 15 is 0 Å². The highest BCUT2D eigenvalue weighted by Crippen LogP contribution is 2.46. The molecule has 0 bridgehead atoms. The van der Waals surface area contributed by atoms with Gasteiger partial charge in [0.05, 0.1) is 11.9 Å². The number of aromatic nitrogens is 2. The first-order valence-electron chi connectivity index (χ1n) is 5.67. The Morgan fingerprint density at radius 1 is 1.41 bits per heavy atom. The van der Waals surface area contributed by atoms with E-state index in [1.165, 1.54) is 0 Å². The molecule has 1 saturated carbocycles. The number of halogens is 1. The zero-order valence-corrected chi connectivity index (χ0v) is 11.2. The van der Waals surface area contributed by atoms with Crippen molar-refractivity contribution in [2.24, 2.45) is 12.8 Å². The lowest BCUT2D eigenvalue weighted by molar-refractivity contribution is 0.737.